The van der Waals surface area contributed by atoms with Crippen LogP contribution < -0.4 is 14.8 Å². The third-order valence-electron chi connectivity index (χ3n) is 4.33. The fourth-order valence-corrected chi connectivity index (χ4v) is 3.25. The van der Waals surface area contributed by atoms with Crippen LogP contribution in [0.5, 0.6) is 11.5 Å². The number of nitrogens with zero attached hydrogens (tertiary/aromatic N) is 4. The Kier molecular flexibility index (Phi) is 5.12. The molecule has 1 aromatic carbocycles. The van der Waals surface area contributed by atoms with Gasteiger partial charge in [-0.1, -0.05) is 0 Å². The van der Waals surface area contributed by atoms with E-state index in [2.05, 4.69) is 31.3 Å². The third kappa shape index (κ3) is 3.50. The number of fused-ring (bicyclic) bond motifs is 1. The molecule has 0 aliphatic heterocycles. The number of pyridine rings is 1. The molecule has 0 spiro atoms. The monoisotopic (exact) mass is 439 g/mol. The lowest BCUT2D eigenvalue weighted by Crippen LogP contribution is -2.07. The maximum absolute atomic E-state index is 5.43. The molecule has 0 fully saturated rings. The Labute approximate surface area is 170 Å². The summed E-state index contributed by atoms with van der Waals surface area (Å²) in [6.45, 7) is 0.643. The molecule has 0 radical (unpaired) electrons. The molecule has 0 aliphatic rings. The molecule has 0 atom stereocenters. The lowest BCUT2D eigenvalue weighted by molar-refractivity contribution is 0.355. The summed E-state index contributed by atoms with van der Waals surface area (Å²) >= 11 is 3.53. The average Bonchev–Trinajstić information content (AvgIpc) is 3.13. The van der Waals surface area contributed by atoms with Crippen molar-refractivity contribution in [2.75, 3.05) is 19.5 Å². The fraction of sp³-hybridized carbons (Fsp3) is 0.150. The van der Waals surface area contributed by atoms with Crippen LogP contribution in [0.2, 0.25) is 0 Å². The van der Waals surface area contributed by atoms with E-state index in [9.17, 15) is 0 Å². The maximum atomic E-state index is 5.43. The van der Waals surface area contributed by atoms with E-state index in [4.69, 9.17) is 14.5 Å². The molecule has 4 rings (SSSR count). The number of aromatic nitrogens is 4. The minimum atomic E-state index is 0.643. The van der Waals surface area contributed by atoms with Crippen LogP contribution in [0.25, 0.3) is 16.9 Å². The van der Waals surface area contributed by atoms with Crippen molar-refractivity contribution in [3.63, 3.8) is 0 Å². The summed E-state index contributed by atoms with van der Waals surface area (Å²) in [5.41, 5.74) is 3.57. The molecule has 3 aromatic heterocycles. The Morgan fingerprint density at radius 3 is 2.57 bits per heavy atom. The predicted octanol–water partition coefficient (Wildman–Crippen LogP) is 4.18. The highest BCUT2D eigenvalue weighted by Gasteiger charge is 2.13. The zero-order chi connectivity index (χ0) is 19.5. The molecule has 1 N–H and O–H groups in total. The number of halogens is 1. The van der Waals surface area contributed by atoms with Crippen molar-refractivity contribution in [3.8, 4) is 22.8 Å². The second-order valence-corrected chi connectivity index (χ2v) is 6.89. The van der Waals surface area contributed by atoms with Gasteiger partial charge in [-0.05, 0) is 51.8 Å². The van der Waals surface area contributed by atoms with Gasteiger partial charge in [0.15, 0.2) is 17.1 Å². The number of methoxy groups -OCH3 is 2. The molecular weight excluding hydrogens is 422 g/mol. The first-order valence-corrected chi connectivity index (χ1v) is 9.38. The number of hydrogen-bond acceptors (Lipinski definition) is 6. The predicted molar refractivity (Wildman–Crippen MR) is 111 cm³/mol. The molecule has 3 heterocycles. The molecule has 8 heteroatoms. The number of benzene rings is 1. The maximum Gasteiger partial charge on any atom is 0.172 e. The zero-order valence-corrected chi connectivity index (χ0v) is 17.0. The summed E-state index contributed by atoms with van der Waals surface area (Å²) in [5, 5.41) is 7.85. The van der Waals surface area contributed by atoms with E-state index in [-0.39, 0.29) is 0 Å². The van der Waals surface area contributed by atoms with Crippen LogP contribution in [0, 0.1) is 0 Å². The highest BCUT2D eigenvalue weighted by molar-refractivity contribution is 9.10. The van der Waals surface area contributed by atoms with Crippen LogP contribution in [0.15, 0.2) is 59.5 Å². The first kappa shape index (κ1) is 18.2. The van der Waals surface area contributed by atoms with Crippen LogP contribution in [-0.2, 0) is 6.54 Å². The molecule has 28 heavy (non-hydrogen) atoms. The lowest BCUT2D eigenvalue weighted by atomic mass is 10.1. The number of nitrogens with one attached hydrogen (secondary N) is 1. The van der Waals surface area contributed by atoms with Crippen molar-refractivity contribution in [3.05, 3.63) is 65.0 Å². The van der Waals surface area contributed by atoms with Gasteiger partial charge in [0, 0.05) is 30.6 Å². The summed E-state index contributed by atoms with van der Waals surface area (Å²) in [6.07, 6.45) is 5.29. The van der Waals surface area contributed by atoms with Crippen LogP contribution in [0.3, 0.4) is 0 Å². The van der Waals surface area contributed by atoms with Gasteiger partial charge in [0.05, 0.1) is 30.6 Å². The third-order valence-corrected chi connectivity index (χ3v) is 4.89. The lowest BCUT2D eigenvalue weighted by Gasteiger charge is -2.12. The zero-order valence-electron chi connectivity index (χ0n) is 15.4. The van der Waals surface area contributed by atoms with Crippen LogP contribution in [-0.4, -0.2) is 33.8 Å². The Bertz CT molecular complexity index is 1110. The van der Waals surface area contributed by atoms with E-state index in [1.807, 2.05) is 36.4 Å². The van der Waals surface area contributed by atoms with E-state index in [0.717, 1.165) is 32.8 Å². The molecule has 142 valence electrons. The summed E-state index contributed by atoms with van der Waals surface area (Å²) < 4.78 is 13.4. The van der Waals surface area contributed by atoms with Gasteiger partial charge in [0.1, 0.15) is 5.82 Å². The first-order valence-electron chi connectivity index (χ1n) is 8.59. The minimum Gasteiger partial charge on any atom is -0.493 e. The van der Waals surface area contributed by atoms with Crippen LogP contribution in [0.1, 0.15) is 5.56 Å². The molecule has 0 amide bonds. The molecular formula is C20H18BrN5O2. The summed E-state index contributed by atoms with van der Waals surface area (Å²) in [5.74, 6) is 2.16. The summed E-state index contributed by atoms with van der Waals surface area (Å²) in [4.78, 5) is 8.81. The number of rotatable bonds is 6. The molecule has 7 nitrogen and oxygen atoms in total. The van der Waals surface area contributed by atoms with Crippen molar-refractivity contribution in [1.82, 2.24) is 19.6 Å². The van der Waals surface area contributed by atoms with Gasteiger partial charge in [-0.15, -0.1) is 0 Å². The highest BCUT2D eigenvalue weighted by Crippen LogP contribution is 2.33. The Morgan fingerprint density at radius 1 is 1.04 bits per heavy atom. The first-order chi connectivity index (χ1) is 13.7. The second kappa shape index (κ2) is 7.85. The molecule has 0 bridgehead atoms. The highest BCUT2D eigenvalue weighted by atomic mass is 79.9. The van der Waals surface area contributed by atoms with E-state index >= 15 is 0 Å². The topological polar surface area (TPSA) is 73.6 Å². The number of anilines is 1. The van der Waals surface area contributed by atoms with Crippen LogP contribution >= 0.6 is 15.9 Å². The Hall–Kier alpha value is -3.13. The van der Waals surface area contributed by atoms with Gasteiger partial charge >= 0.3 is 0 Å². The smallest absolute Gasteiger partial charge is 0.172 e. The van der Waals surface area contributed by atoms with Gasteiger partial charge in [-0.3, -0.25) is 4.98 Å². The van der Waals surface area contributed by atoms with Crippen molar-refractivity contribution in [1.29, 1.82) is 0 Å². The molecule has 0 unspecified atom stereocenters. The molecule has 0 aliphatic carbocycles. The summed E-state index contributed by atoms with van der Waals surface area (Å²) in [6, 6.07) is 11.6. The van der Waals surface area contributed by atoms with Crippen molar-refractivity contribution >= 4 is 27.4 Å². The van der Waals surface area contributed by atoms with Gasteiger partial charge in [0.2, 0.25) is 0 Å². The van der Waals surface area contributed by atoms with Crippen LogP contribution in [0.4, 0.5) is 5.82 Å². The largest absolute Gasteiger partial charge is 0.493 e. The van der Waals surface area contributed by atoms with Crippen molar-refractivity contribution < 1.29 is 9.47 Å². The number of ether oxygens (including phenoxy) is 2. The number of hydrogen-bond donors (Lipinski definition) is 1. The van der Waals surface area contributed by atoms with Gasteiger partial charge < -0.3 is 14.8 Å². The molecule has 0 saturated carbocycles. The molecule has 0 saturated heterocycles. The van der Waals surface area contributed by atoms with E-state index in [0.29, 0.717) is 18.0 Å². The minimum absolute atomic E-state index is 0.643. The Morgan fingerprint density at radius 2 is 1.82 bits per heavy atom. The standard InChI is InChI=1S/C20H18BrN5O2/c1-27-17-4-3-14(9-18(17)28-2)16-10-19(23-11-13-5-7-22-8-6-13)26-20(25-16)15(21)12-24-26/h3-10,12,23H,11H2,1-2H3. The van der Waals surface area contributed by atoms with Gasteiger partial charge in [-0.2, -0.15) is 9.61 Å². The molecule has 4 aromatic rings. The summed E-state index contributed by atoms with van der Waals surface area (Å²) in [7, 11) is 3.24. The fourth-order valence-electron chi connectivity index (χ4n) is 2.90. The van der Waals surface area contributed by atoms with E-state index < -0.39 is 0 Å². The SMILES string of the molecule is COc1ccc(-c2cc(NCc3ccncc3)n3ncc(Br)c3n2)cc1OC. The average molecular weight is 440 g/mol. The van der Waals surface area contributed by atoms with E-state index in [1.165, 1.54) is 0 Å². The quantitative estimate of drug-likeness (QED) is 0.485. The van der Waals surface area contributed by atoms with Crippen molar-refractivity contribution in [2.45, 2.75) is 6.54 Å². The second-order valence-electron chi connectivity index (χ2n) is 6.03. The van der Waals surface area contributed by atoms with E-state index in [1.54, 1.807) is 37.3 Å². The van der Waals surface area contributed by atoms with Crippen molar-refractivity contribution in [2.24, 2.45) is 0 Å². The van der Waals surface area contributed by atoms with Gasteiger partial charge in [-0.25, -0.2) is 4.98 Å². The van der Waals surface area contributed by atoms with Gasteiger partial charge in [0.25, 0.3) is 0 Å². The normalized spacial score (nSPS) is 10.8. The Balaban J connectivity index is 1.76.